The first-order valence-electron chi connectivity index (χ1n) is 10.7. The van der Waals surface area contributed by atoms with Crippen LogP contribution in [0.25, 0.3) is 5.57 Å². The van der Waals surface area contributed by atoms with Crippen LogP contribution in [-0.2, 0) is 11.2 Å². The summed E-state index contributed by atoms with van der Waals surface area (Å²) in [7, 11) is 0. The van der Waals surface area contributed by atoms with Crippen LogP contribution in [0.3, 0.4) is 0 Å². The van der Waals surface area contributed by atoms with Crippen LogP contribution in [0.1, 0.15) is 70.3 Å². The van der Waals surface area contributed by atoms with E-state index < -0.39 is 5.82 Å². The van der Waals surface area contributed by atoms with Crippen molar-refractivity contribution in [3.05, 3.63) is 77.9 Å². The molecule has 2 N–H and O–H groups in total. The number of aromatic amines is 1. The van der Waals surface area contributed by atoms with Gasteiger partial charge in [-0.3, -0.25) is 9.89 Å². The second-order valence-electron chi connectivity index (χ2n) is 7.81. The van der Waals surface area contributed by atoms with Crippen molar-refractivity contribution in [2.45, 2.75) is 59.8 Å². The van der Waals surface area contributed by atoms with Gasteiger partial charge in [-0.2, -0.15) is 5.10 Å². The quantitative estimate of drug-likeness (QED) is 0.435. The fourth-order valence-corrected chi connectivity index (χ4v) is 3.07. The second kappa shape index (κ2) is 13.4. The molecule has 1 aromatic heterocycles. The van der Waals surface area contributed by atoms with Gasteiger partial charge in [0.05, 0.1) is 5.69 Å². The topological polar surface area (TPSA) is 66.0 Å². The number of halogens is 1. The molecule has 0 saturated heterocycles. The Bertz CT molecular complexity index is 910. The van der Waals surface area contributed by atoms with Crippen LogP contribution < -0.4 is 0 Å². The minimum atomic E-state index is -0.628. The first kappa shape index (κ1) is 26.1. The molecule has 2 rings (SSSR count). The highest BCUT2D eigenvalue weighted by Gasteiger charge is 2.14. The van der Waals surface area contributed by atoms with Gasteiger partial charge in [0, 0.05) is 17.2 Å². The Hall–Kier alpha value is -2.95. The summed E-state index contributed by atoms with van der Waals surface area (Å²) >= 11 is 0. The van der Waals surface area contributed by atoms with E-state index >= 15 is 0 Å². The van der Waals surface area contributed by atoms with Gasteiger partial charge >= 0.3 is 0 Å². The molecule has 0 aliphatic rings. The first-order chi connectivity index (χ1) is 14.7. The molecule has 1 atom stereocenters. The Morgan fingerprint density at radius 1 is 1.32 bits per heavy atom. The predicted octanol–water partition coefficient (Wildman–Crippen LogP) is 6.76. The largest absolute Gasteiger partial charge is 0.505 e. The standard InChI is InChI=1S/C13H17FO2.C13H18N2/c1-3-4-11(9(2)15)7-10-5-6-13(16)12(14)8-10;1-5-7-11(8-6-2)13-9-12(10(3)4)14-15-13/h5-6,8,11,16H,3-4,7H2,1-2H3;5-10H,1H2,2-4H3,(H,14,15)/b;8-6-,11-7+. The van der Waals surface area contributed by atoms with Gasteiger partial charge < -0.3 is 5.11 Å². The highest BCUT2D eigenvalue weighted by molar-refractivity contribution is 5.78. The van der Waals surface area contributed by atoms with Gasteiger partial charge in [0.25, 0.3) is 0 Å². The molecule has 4 nitrogen and oxygen atoms in total. The normalized spacial score (nSPS) is 12.5. The third-order valence-electron chi connectivity index (χ3n) is 4.87. The lowest BCUT2D eigenvalue weighted by atomic mass is 9.92. The maximum Gasteiger partial charge on any atom is 0.165 e. The lowest BCUT2D eigenvalue weighted by Gasteiger charge is -2.12. The van der Waals surface area contributed by atoms with E-state index in [0.29, 0.717) is 12.3 Å². The average Bonchev–Trinajstić information content (AvgIpc) is 3.21. The Morgan fingerprint density at radius 3 is 2.52 bits per heavy atom. The molecule has 0 aliphatic carbocycles. The molecule has 0 aliphatic heterocycles. The molecule has 0 fully saturated rings. The molecule has 5 heteroatoms. The maximum atomic E-state index is 13.1. The third kappa shape index (κ3) is 8.75. The number of ketones is 1. The molecule has 0 amide bonds. The minimum Gasteiger partial charge on any atom is -0.505 e. The minimum absolute atomic E-state index is 0.0473. The van der Waals surface area contributed by atoms with E-state index in [9.17, 15) is 9.18 Å². The van der Waals surface area contributed by atoms with Crippen molar-refractivity contribution in [2.75, 3.05) is 0 Å². The van der Waals surface area contributed by atoms with Crippen molar-refractivity contribution in [3.8, 4) is 5.75 Å². The zero-order valence-electron chi connectivity index (χ0n) is 19.3. The van der Waals surface area contributed by atoms with E-state index in [1.54, 1.807) is 19.1 Å². The fourth-order valence-electron chi connectivity index (χ4n) is 3.07. The molecular weight excluding hydrogens is 391 g/mol. The van der Waals surface area contributed by atoms with Crippen molar-refractivity contribution < 1.29 is 14.3 Å². The number of Topliss-reactive ketones (excluding diaryl/α,β-unsaturated/α-hetero) is 1. The Morgan fingerprint density at radius 2 is 2.03 bits per heavy atom. The first-order valence-corrected chi connectivity index (χ1v) is 10.7. The zero-order valence-corrected chi connectivity index (χ0v) is 19.3. The number of nitrogens with zero attached hydrogens (tertiary/aromatic N) is 1. The lowest BCUT2D eigenvalue weighted by Crippen LogP contribution is -2.13. The second-order valence-corrected chi connectivity index (χ2v) is 7.81. The van der Waals surface area contributed by atoms with E-state index in [-0.39, 0.29) is 17.5 Å². The summed E-state index contributed by atoms with van der Waals surface area (Å²) < 4.78 is 13.1. The number of nitrogens with one attached hydrogen (secondary N) is 1. The number of aromatic hydroxyl groups is 1. The van der Waals surface area contributed by atoms with Crippen LogP contribution >= 0.6 is 0 Å². The molecule has 0 radical (unpaired) electrons. The zero-order chi connectivity index (χ0) is 23.4. The van der Waals surface area contributed by atoms with Crippen LogP contribution in [0.5, 0.6) is 5.75 Å². The van der Waals surface area contributed by atoms with Crippen molar-refractivity contribution in [2.24, 2.45) is 5.92 Å². The molecule has 31 heavy (non-hydrogen) atoms. The smallest absolute Gasteiger partial charge is 0.165 e. The molecule has 1 heterocycles. The Labute approximate surface area is 185 Å². The number of carbonyl (C=O) groups excluding carboxylic acids is 1. The summed E-state index contributed by atoms with van der Waals surface area (Å²) in [6, 6.07) is 6.36. The summed E-state index contributed by atoms with van der Waals surface area (Å²) in [5.74, 6) is -0.416. The van der Waals surface area contributed by atoms with E-state index in [1.807, 2.05) is 32.1 Å². The van der Waals surface area contributed by atoms with Crippen LogP contribution in [0.15, 0.2) is 55.1 Å². The van der Waals surface area contributed by atoms with E-state index in [2.05, 4.69) is 36.7 Å². The number of rotatable bonds is 9. The van der Waals surface area contributed by atoms with E-state index in [0.717, 1.165) is 35.4 Å². The van der Waals surface area contributed by atoms with Gasteiger partial charge in [0.1, 0.15) is 5.78 Å². The lowest BCUT2D eigenvalue weighted by molar-refractivity contribution is -0.120. The van der Waals surface area contributed by atoms with Crippen molar-refractivity contribution in [3.63, 3.8) is 0 Å². The van der Waals surface area contributed by atoms with Crippen LogP contribution in [-0.4, -0.2) is 21.1 Å². The number of phenolic OH excluding ortho intramolecular Hbond substituents is 1. The fraction of sp³-hybridized carbons (Fsp3) is 0.385. The molecule has 1 unspecified atom stereocenters. The van der Waals surface area contributed by atoms with Gasteiger partial charge in [-0.25, -0.2) is 4.39 Å². The van der Waals surface area contributed by atoms with Crippen LogP contribution in [0, 0.1) is 11.7 Å². The molecule has 0 spiro atoms. The Balaban J connectivity index is 0.000000311. The monoisotopic (exact) mass is 426 g/mol. The molecule has 168 valence electrons. The molecule has 0 saturated carbocycles. The maximum absolute atomic E-state index is 13.1. The molecule has 0 bridgehead atoms. The molecular formula is C26H35FN2O2. The Kier molecular flexibility index (Phi) is 11.3. The summed E-state index contributed by atoms with van der Waals surface area (Å²) in [5, 5.41) is 16.4. The number of hydrogen-bond donors (Lipinski definition) is 2. The van der Waals surface area contributed by atoms with Gasteiger partial charge in [-0.15, -0.1) is 0 Å². The van der Waals surface area contributed by atoms with Crippen molar-refractivity contribution in [1.29, 1.82) is 0 Å². The number of benzene rings is 1. The highest BCUT2D eigenvalue weighted by Crippen LogP contribution is 2.21. The number of carbonyl (C=O) groups is 1. The third-order valence-corrected chi connectivity index (χ3v) is 4.87. The number of aromatic nitrogens is 2. The van der Waals surface area contributed by atoms with Crippen molar-refractivity contribution in [1.82, 2.24) is 10.2 Å². The summed E-state index contributed by atoms with van der Waals surface area (Å²) in [5.41, 5.74) is 3.96. The molecule has 1 aromatic carbocycles. The predicted molar refractivity (Wildman–Crippen MR) is 127 cm³/mol. The summed E-state index contributed by atoms with van der Waals surface area (Å²) in [6.45, 7) is 13.6. The van der Waals surface area contributed by atoms with E-state index in [4.69, 9.17) is 5.11 Å². The van der Waals surface area contributed by atoms with Gasteiger partial charge in [0.2, 0.25) is 0 Å². The summed E-state index contributed by atoms with van der Waals surface area (Å²) in [4.78, 5) is 11.3. The van der Waals surface area contributed by atoms with Gasteiger partial charge in [-0.05, 0) is 56.4 Å². The molecule has 2 aromatic rings. The highest BCUT2D eigenvalue weighted by atomic mass is 19.1. The number of allylic oxidation sites excluding steroid dienone is 5. The SMILES string of the molecule is C=C/C=C(\C=C/C)c1cc(C(C)C)[nH]n1.CCCC(Cc1ccc(O)c(F)c1)C(C)=O. The summed E-state index contributed by atoms with van der Waals surface area (Å²) in [6.07, 6.45) is 10.1. The van der Waals surface area contributed by atoms with Gasteiger partial charge in [-0.1, -0.05) is 64.1 Å². The van der Waals surface area contributed by atoms with Gasteiger partial charge in [0.15, 0.2) is 11.6 Å². The van der Waals surface area contributed by atoms with Crippen molar-refractivity contribution >= 4 is 11.4 Å². The van der Waals surface area contributed by atoms with Crippen LogP contribution in [0.2, 0.25) is 0 Å². The van der Waals surface area contributed by atoms with Crippen LogP contribution in [0.4, 0.5) is 4.39 Å². The van der Waals surface area contributed by atoms with E-state index in [1.165, 1.54) is 12.1 Å². The number of phenols is 1. The number of hydrogen-bond acceptors (Lipinski definition) is 3. The number of H-pyrrole nitrogens is 1. The average molecular weight is 427 g/mol.